The molecule has 1 amide bonds. The molecule has 0 aromatic heterocycles. The van der Waals surface area contributed by atoms with Crippen LogP contribution < -0.4 is 15.4 Å². The first-order chi connectivity index (χ1) is 10.3. The topological polar surface area (TPSA) is 50.4 Å². The SMILES string of the molecule is COc1ccc(CCNC(=O)C2NCC3CCCC32)cc1. The average Bonchev–Trinajstić information content (AvgIpc) is 3.10. The lowest BCUT2D eigenvalue weighted by Gasteiger charge is -2.17. The van der Waals surface area contributed by atoms with E-state index in [0.29, 0.717) is 12.5 Å². The number of fused-ring (bicyclic) bond motifs is 1. The molecule has 0 spiro atoms. The Hall–Kier alpha value is -1.55. The van der Waals surface area contributed by atoms with Crippen molar-refractivity contribution >= 4 is 5.91 Å². The molecule has 4 nitrogen and oxygen atoms in total. The Morgan fingerprint density at radius 2 is 2.14 bits per heavy atom. The summed E-state index contributed by atoms with van der Waals surface area (Å²) in [7, 11) is 1.67. The molecule has 4 heteroatoms. The van der Waals surface area contributed by atoms with Crippen LogP contribution in [-0.4, -0.2) is 32.1 Å². The second-order valence-corrected chi connectivity index (χ2v) is 6.13. The van der Waals surface area contributed by atoms with Crippen molar-refractivity contribution in [3.8, 4) is 5.75 Å². The average molecular weight is 288 g/mol. The van der Waals surface area contributed by atoms with Gasteiger partial charge in [0.05, 0.1) is 13.2 Å². The summed E-state index contributed by atoms with van der Waals surface area (Å²) in [5.41, 5.74) is 1.22. The third-order valence-corrected chi connectivity index (χ3v) is 4.90. The molecule has 1 aromatic rings. The molecule has 1 aliphatic carbocycles. The summed E-state index contributed by atoms with van der Waals surface area (Å²) >= 11 is 0. The Kier molecular flexibility index (Phi) is 4.44. The number of methoxy groups -OCH3 is 1. The van der Waals surface area contributed by atoms with E-state index in [0.717, 1.165) is 24.6 Å². The molecule has 21 heavy (non-hydrogen) atoms. The van der Waals surface area contributed by atoms with Crippen molar-refractivity contribution in [3.63, 3.8) is 0 Å². The van der Waals surface area contributed by atoms with Crippen molar-refractivity contribution in [2.45, 2.75) is 31.7 Å². The van der Waals surface area contributed by atoms with Gasteiger partial charge in [0.25, 0.3) is 0 Å². The molecule has 0 bridgehead atoms. The number of carbonyl (C=O) groups excluding carboxylic acids is 1. The minimum Gasteiger partial charge on any atom is -0.497 e. The first kappa shape index (κ1) is 14.4. The highest BCUT2D eigenvalue weighted by molar-refractivity contribution is 5.82. The predicted octanol–water partition coefficient (Wildman–Crippen LogP) is 1.74. The number of nitrogens with one attached hydrogen (secondary N) is 2. The molecule has 3 atom stereocenters. The van der Waals surface area contributed by atoms with Crippen molar-refractivity contribution in [3.05, 3.63) is 29.8 Å². The lowest BCUT2D eigenvalue weighted by atomic mass is 9.93. The van der Waals surface area contributed by atoms with Gasteiger partial charge in [-0.25, -0.2) is 0 Å². The zero-order chi connectivity index (χ0) is 14.7. The van der Waals surface area contributed by atoms with Crippen LogP contribution in [0.1, 0.15) is 24.8 Å². The maximum atomic E-state index is 12.3. The highest BCUT2D eigenvalue weighted by atomic mass is 16.5. The Morgan fingerprint density at radius 3 is 2.90 bits per heavy atom. The van der Waals surface area contributed by atoms with Crippen LogP contribution in [0, 0.1) is 11.8 Å². The molecule has 1 aliphatic heterocycles. The number of hydrogen-bond donors (Lipinski definition) is 2. The smallest absolute Gasteiger partial charge is 0.237 e. The van der Waals surface area contributed by atoms with E-state index in [2.05, 4.69) is 10.6 Å². The number of carbonyl (C=O) groups is 1. The van der Waals surface area contributed by atoms with Crippen LogP contribution in [0.15, 0.2) is 24.3 Å². The lowest BCUT2D eigenvalue weighted by molar-refractivity contribution is -0.123. The van der Waals surface area contributed by atoms with E-state index in [9.17, 15) is 4.79 Å². The van der Waals surface area contributed by atoms with E-state index in [1.54, 1.807) is 7.11 Å². The van der Waals surface area contributed by atoms with Gasteiger partial charge in [0, 0.05) is 6.54 Å². The largest absolute Gasteiger partial charge is 0.497 e. The Labute approximate surface area is 126 Å². The standard InChI is InChI=1S/C17H24N2O2/c1-21-14-7-5-12(6-8-14)9-10-18-17(20)16-15-4-2-3-13(15)11-19-16/h5-8,13,15-16,19H,2-4,9-11H2,1H3,(H,18,20). The number of ether oxygens (including phenoxy) is 1. The van der Waals surface area contributed by atoms with Crippen LogP contribution >= 0.6 is 0 Å². The summed E-state index contributed by atoms with van der Waals surface area (Å²) in [6.45, 7) is 1.71. The predicted molar refractivity (Wildman–Crippen MR) is 82.3 cm³/mol. The van der Waals surface area contributed by atoms with E-state index >= 15 is 0 Å². The van der Waals surface area contributed by atoms with E-state index in [-0.39, 0.29) is 11.9 Å². The molecule has 3 rings (SSSR count). The normalized spacial score (nSPS) is 27.4. The molecule has 3 unspecified atom stereocenters. The van der Waals surface area contributed by atoms with E-state index in [1.807, 2.05) is 24.3 Å². The lowest BCUT2D eigenvalue weighted by Crippen LogP contribution is -2.44. The minimum absolute atomic E-state index is 0.0355. The third-order valence-electron chi connectivity index (χ3n) is 4.90. The van der Waals surface area contributed by atoms with Gasteiger partial charge in [0.1, 0.15) is 5.75 Å². The fourth-order valence-corrected chi connectivity index (χ4v) is 3.71. The summed E-state index contributed by atoms with van der Waals surface area (Å²) in [5, 5.41) is 6.48. The third kappa shape index (κ3) is 3.21. The van der Waals surface area contributed by atoms with Crippen molar-refractivity contribution in [2.75, 3.05) is 20.2 Å². The summed E-state index contributed by atoms with van der Waals surface area (Å²) in [6.07, 6.45) is 4.63. The van der Waals surface area contributed by atoms with Crippen LogP contribution in [0.4, 0.5) is 0 Å². The minimum atomic E-state index is 0.0355. The summed E-state index contributed by atoms with van der Waals surface area (Å²) in [4.78, 5) is 12.3. The number of hydrogen-bond acceptors (Lipinski definition) is 3. The zero-order valence-electron chi connectivity index (χ0n) is 12.6. The fourth-order valence-electron chi connectivity index (χ4n) is 3.71. The van der Waals surface area contributed by atoms with E-state index < -0.39 is 0 Å². The molecule has 0 radical (unpaired) electrons. The van der Waals surface area contributed by atoms with Crippen LogP contribution in [0.2, 0.25) is 0 Å². The van der Waals surface area contributed by atoms with Gasteiger partial charge in [0.15, 0.2) is 0 Å². The molecule has 2 aliphatic rings. The fraction of sp³-hybridized carbons (Fsp3) is 0.588. The maximum absolute atomic E-state index is 12.3. The Balaban J connectivity index is 1.45. The monoisotopic (exact) mass is 288 g/mol. The van der Waals surface area contributed by atoms with Crippen molar-refractivity contribution in [1.82, 2.24) is 10.6 Å². The number of benzene rings is 1. The van der Waals surface area contributed by atoms with Gasteiger partial charge in [-0.1, -0.05) is 18.6 Å². The summed E-state index contributed by atoms with van der Waals surface area (Å²) < 4.78 is 5.14. The molecule has 1 heterocycles. The molecule has 1 saturated heterocycles. The van der Waals surface area contributed by atoms with Gasteiger partial charge in [-0.05, 0) is 55.3 Å². The molecular formula is C17H24N2O2. The highest BCUT2D eigenvalue weighted by Crippen LogP contribution is 2.37. The van der Waals surface area contributed by atoms with Gasteiger partial charge < -0.3 is 15.4 Å². The molecule has 1 saturated carbocycles. The zero-order valence-corrected chi connectivity index (χ0v) is 12.6. The number of rotatable bonds is 5. The Bertz CT molecular complexity index is 486. The number of amides is 1. The van der Waals surface area contributed by atoms with E-state index in [1.165, 1.54) is 24.8 Å². The van der Waals surface area contributed by atoms with Gasteiger partial charge in [0.2, 0.25) is 5.91 Å². The molecule has 2 fully saturated rings. The van der Waals surface area contributed by atoms with Crippen LogP contribution in [-0.2, 0) is 11.2 Å². The first-order valence-electron chi connectivity index (χ1n) is 7.92. The second-order valence-electron chi connectivity index (χ2n) is 6.13. The van der Waals surface area contributed by atoms with Crippen LogP contribution in [0.25, 0.3) is 0 Å². The maximum Gasteiger partial charge on any atom is 0.237 e. The van der Waals surface area contributed by atoms with Crippen molar-refractivity contribution in [1.29, 1.82) is 0 Å². The Morgan fingerprint density at radius 1 is 1.33 bits per heavy atom. The summed E-state index contributed by atoms with van der Waals surface area (Å²) in [6, 6.07) is 8.04. The van der Waals surface area contributed by atoms with Gasteiger partial charge in [-0.3, -0.25) is 4.79 Å². The second kappa shape index (κ2) is 6.48. The van der Waals surface area contributed by atoms with Crippen LogP contribution in [0.5, 0.6) is 5.75 Å². The quantitative estimate of drug-likeness (QED) is 0.868. The van der Waals surface area contributed by atoms with Gasteiger partial charge in [-0.2, -0.15) is 0 Å². The van der Waals surface area contributed by atoms with Crippen molar-refractivity contribution < 1.29 is 9.53 Å². The molecule has 1 aromatic carbocycles. The van der Waals surface area contributed by atoms with Crippen LogP contribution in [0.3, 0.4) is 0 Å². The molecular weight excluding hydrogens is 264 g/mol. The van der Waals surface area contributed by atoms with Gasteiger partial charge >= 0.3 is 0 Å². The van der Waals surface area contributed by atoms with Gasteiger partial charge in [-0.15, -0.1) is 0 Å². The first-order valence-corrected chi connectivity index (χ1v) is 7.92. The highest BCUT2D eigenvalue weighted by Gasteiger charge is 2.42. The summed E-state index contributed by atoms with van der Waals surface area (Å²) in [5.74, 6) is 2.33. The molecule has 2 N–H and O–H groups in total. The van der Waals surface area contributed by atoms with E-state index in [4.69, 9.17) is 4.74 Å². The van der Waals surface area contributed by atoms with Crippen molar-refractivity contribution in [2.24, 2.45) is 11.8 Å². The molecule has 114 valence electrons.